The third-order valence-corrected chi connectivity index (χ3v) is 11.5. The van der Waals surface area contributed by atoms with Gasteiger partial charge in [-0.3, -0.25) is 0 Å². The van der Waals surface area contributed by atoms with Gasteiger partial charge in [0.2, 0.25) is 0 Å². The summed E-state index contributed by atoms with van der Waals surface area (Å²) in [6.07, 6.45) is -0.648. The van der Waals surface area contributed by atoms with E-state index in [0.717, 1.165) is 11.3 Å². The first kappa shape index (κ1) is 25.4. The van der Waals surface area contributed by atoms with E-state index in [2.05, 4.69) is 46.9 Å². The second kappa shape index (κ2) is 11.0. The molecule has 29 heavy (non-hydrogen) atoms. The van der Waals surface area contributed by atoms with Gasteiger partial charge in [0.05, 0.1) is 13.7 Å². The smallest absolute Gasteiger partial charge is 0.407 e. The number of halogens is 1. The fraction of sp³-hybridized carbons (Fsp3) is 0.682. The molecule has 166 valence electrons. The molecule has 0 saturated heterocycles. The maximum atomic E-state index is 15.0. The number of alkyl halides is 1. The van der Waals surface area contributed by atoms with E-state index < -0.39 is 20.1 Å². The molecule has 0 aliphatic rings. The lowest BCUT2D eigenvalue weighted by Gasteiger charge is -2.43. The van der Waals surface area contributed by atoms with Gasteiger partial charge in [-0.2, -0.15) is 0 Å². The average Bonchev–Trinajstić information content (AvgIpc) is 2.64. The van der Waals surface area contributed by atoms with Crippen molar-refractivity contribution in [3.63, 3.8) is 0 Å². The van der Waals surface area contributed by atoms with Crippen molar-refractivity contribution in [1.82, 2.24) is 5.32 Å². The van der Waals surface area contributed by atoms with Gasteiger partial charge in [-0.25, -0.2) is 9.18 Å². The maximum absolute atomic E-state index is 15.0. The van der Waals surface area contributed by atoms with Gasteiger partial charge in [0.15, 0.2) is 14.0 Å². The van der Waals surface area contributed by atoms with Crippen LogP contribution in [0.5, 0.6) is 5.75 Å². The zero-order valence-electron chi connectivity index (χ0n) is 19.2. The molecule has 0 aliphatic carbocycles. The van der Waals surface area contributed by atoms with Crippen molar-refractivity contribution in [2.24, 2.45) is 0 Å². The summed E-state index contributed by atoms with van der Waals surface area (Å²) in [5.41, 5.74) is 0.260. The van der Waals surface area contributed by atoms with Crippen LogP contribution in [0.4, 0.5) is 9.18 Å². The minimum absolute atomic E-state index is 0.0699. The summed E-state index contributed by atoms with van der Waals surface area (Å²) in [6.45, 7) is 14.2. The summed E-state index contributed by atoms with van der Waals surface area (Å²) in [5, 5.41) is 2.64. The number of methoxy groups -OCH3 is 1. The Hall–Kier alpha value is -1.60. The number of hydrogen-bond donors (Lipinski definition) is 1. The van der Waals surface area contributed by atoms with Crippen LogP contribution in [-0.4, -0.2) is 40.4 Å². The molecule has 1 aromatic rings. The van der Waals surface area contributed by atoms with E-state index in [4.69, 9.17) is 13.9 Å². The van der Waals surface area contributed by atoms with E-state index in [1.807, 2.05) is 24.3 Å². The van der Waals surface area contributed by atoms with Crippen LogP contribution in [0.15, 0.2) is 24.3 Å². The van der Waals surface area contributed by atoms with Gasteiger partial charge >= 0.3 is 6.09 Å². The Morgan fingerprint density at radius 3 is 2.00 bits per heavy atom. The zero-order chi connectivity index (χ0) is 22.2. The number of hydrogen-bond acceptors (Lipinski definition) is 4. The number of benzene rings is 1. The molecule has 5 nitrogen and oxygen atoms in total. The second-order valence-electron chi connectivity index (χ2n) is 8.80. The maximum Gasteiger partial charge on any atom is 0.407 e. The molecule has 1 N–H and O–H groups in total. The highest BCUT2D eigenvalue weighted by Gasteiger charge is 2.46. The van der Waals surface area contributed by atoms with Crippen LogP contribution in [0.2, 0.25) is 16.6 Å². The molecule has 1 unspecified atom stereocenters. The van der Waals surface area contributed by atoms with E-state index in [-0.39, 0.29) is 13.2 Å². The lowest BCUT2D eigenvalue weighted by atomic mass is 10.2. The lowest BCUT2D eigenvalue weighted by molar-refractivity contribution is 0.0213. The van der Waals surface area contributed by atoms with Crippen LogP contribution >= 0.6 is 0 Å². The Labute approximate surface area is 176 Å². The Bertz CT molecular complexity index is 610. The number of nitrogens with one attached hydrogen (secondary N) is 1. The number of carbonyl (C=O) groups is 1. The van der Waals surface area contributed by atoms with Gasteiger partial charge in [0.1, 0.15) is 12.4 Å². The molecule has 0 bridgehead atoms. The van der Waals surface area contributed by atoms with E-state index in [9.17, 15) is 9.18 Å². The van der Waals surface area contributed by atoms with Crippen molar-refractivity contribution in [3.8, 4) is 5.75 Å². The Morgan fingerprint density at radius 2 is 1.55 bits per heavy atom. The Morgan fingerprint density at radius 1 is 1.03 bits per heavy atom. The molecule has 0 radical (unpaired) electrons. The van der Waals surface area contributed by atoms with Crippen LogP contribution in [0, 0.1) is 0 Å². The minimum Gasteiger partial charge on any atom is -0.497 e. The average molecular weight is 428 g/mol. The van der Waals surface area contributed by atoms with Crippen LogP contribution in [-0.2, 0) is 15.7 Å². The summed E-state index contributed by atoms with van der Waals surface area (Å²) >= 11 is 0. The lowest BCUT2D eigenvalue weighted by Crippen LogP contribution is -2.50. The normalized spacial score (nSPS) is 14.2. The predicted molar refractivity (Wildman–Crippen MR) is 118 cm³/mol. The molecule has 0 fully saturated rings. The number of rotatable bonds is 11. The zero-order valence-corrected chi connectivity index (χ0v) is 20.2. The minimum atomic E-state index is -2.17. The van der Waals surface area contributed by atoms with Crippen LogP contribution in [0.25, 0.3) is 0 Å². The van der Waals surface area contributed by atoms with Gasteiger partial charge in [0, 0.05) is 6.54 Å². The van der Waals surface area contributed by atoms with E-state index in [0.29, 0.717) is 23.2 Å². The molecule has 0 heterocycles. The highest BCUT2D eigenvalue weighted by atomic mass is 28.4. The number of ether oxygens (including phenoxy) is 2. The van der Waals surface area contributed by atoms with Crippen LogP contribution < -0.4 is 10.1 Å². The van der Waals surface area contributed by atoms with Crippen LogP contribution in [0.3, 0.4) is 0 Å². The van der Waals surface area contributed by atoms with Gasteiger partial charge in [-0.05, 0) is 41.2 Å². The number of amides is 1. The molecular weight excluding hydrogens is 389 g/mol. The highest BCUT2D eigenvalue weighted by molar-refractivity contribution is 6.77. The Balaban J connectivity index is 2.55. The van der Waals surface area contributed by atoms with Crippen molar-refractivity contribution in [2.45, 2.75) is 77.3 Å². The molecule has 0 saturated carbocycles. The molecule has 7 heteroatoms. The second-order valence-corrected chi connectivity index (χ2v) is 14.3. The summed E-state index contributed by atoms with van der Waals surface area (Å²) in [4.78, 5) is 12.0. The fourth-order valence-electron chi connectivity index (χ4n) is 4.00. The monoisotopic (exact) mass is 427 g/mol. The third kappa shape index (κ3) is 7.30. The first-order valence-electron chi connectivity index (χ1n) is 10.3. The van der Waals surface area contributed by atoms with Crippen molar-refractivity contribution in [3.05, 3.63) is 29.8 Å². The number of alkyl carbamates (subject to hydrolysis) is 1. The molecular formula is C22H38FNO4Si. The SMILES string of the molecule is COc1ccc(CNC(=O)OCC(C)(F)CO[Si](C(C)C)(C(C)C)C(C)C)cc1. The van der Waals surface area contributed by atoms with Crippen molar-refractivity contribution >= 4 is 14.4 Å². The molecule has 1 aromatic carbocycles. The summed E-state index contributed by atoms with van der Waals surface area (Å²) in [7, 11) is -0.572. The molecule has 1 amide bonds. The van der Waals surface area contributed by atoms with Crippen molar-refractivity contribution in [1.29, 1.82) is 0 Å². The summed E-state index contributed by atoms with van der Waals surface area (Å²) in [5.74, 6) is 0.744. The molecule has 0 aliphatic heterocycles. The quantitative estimate of drug-likeness (QED) is 0.451. The molecule has 0 aromatic heterocycles. The van der Waals surface area contributed by atoms with E-state index in [1.165, 1.54) is 6.92 Å². The topological polar surface area (TPSA) is 56.8 Å². The summed E-state index contributed by atoms with van der Waals surface area (Å²) in [6, 6.07) is 7.32. The highest BCUT2D eigenvalue weighted by Crippen LogP contribution is 2.42. The Kier molecular flexibility index (Phi) is 9.62. The van der Waals surface area contributed by atoms with E-state index >= 15 is 0 Å². The first-order chi connectivity index (χ1) is 13.4. The fourth-order valence-corrected chi connectivity index (χ4v) is 9.55. The standard InChI is InChI=1S/C22H38FNO4Si/c1-16(2)29(17(3)4,18(5)6)28-15-22(7,23)14-27-21(25)24-13-19-9-11-20(26-8)12-10-19/h9-12,16-18H,13-15H2,1-8H3,(H,24,25). The van der Waals surface area contributed by atoms with E-state index in [1.54, 1.807) is 7.11 Å². The van der Waals surface area contributed by atoms with Gasteiger partial charge in [-0.1, -0.05) is 53.7 Å². The van der Waals surface area contributed by atoms with Crippen molar-refractivity contribution < 1.29 is 23.1 Å². The van der Waals surface area contributed by atoms with Gasteiger partial charge in [-0.15, -0.1) is 0 Å². The van der Waals surface area contributed by atoms with Gasteiger partial charge < -0.3 is 19.2 Å². The van der Waals surface area contributed by atoms with Crippen molar-refractivity contribution in [2.75, 3.05) is 20.3 Å². The molecule has 1 atom stereocenters. The largest absolute Gasteiger partial charge is 0.497 e. The predicted octanol–water partition coefficient (Wildman–Crippen LogP) is 5.84. The van der Waals surface area contributed by atoms with Gasteiger partial charge in [0.25, 0.3) is 0 Å². The van der Waals surface area contributed by atoms with Crippen LogP contribution in [0.1, 0.15) is 54.0 Å². The third-order valence-electron chi connectivity index (χ3n) is 5.43. The molecule has 1 rings (SSSR count). The summed E-state index contributed by atoms with van der Waals surface area (Å²) < 4.78 is 31.5. The molecule has 0 spiro atoms. The first-order valence-corrected chi connectivity index (χ1v) is 12.4. The number of carbonyl (C=O) groups excluding carboxylic acids is 1.